The van der Waals surface area contributed by atoms with E-state index in [-0.39, 0.29) is 6.04 Å². The normalized spacial score (nSPS) is 12.3. The molecule has 0 aliphatic carbocycles. The van der Waals surface area contributed by atoms with Crippen LogP contribution in [0.25, 0.3) is 0 Å². The molecule has 1 heterocycles. The largest absolute Gasteiger partial charge is 0.497 e. The lowest BCUT2D eigenvalue weighted by atomic mass is 10.0. The molecule has 2 rings (SSSR count). The van der Waals surface area contributed by atoms with Gasteiger partial charge >= 0.3 is 0 Å². The predicted molar refractivity (Wildman–Crippen MR) is 82.4 cm³/mol. The molecule has 0 amide bonds. The van der Waals surface area contributed by atoms with E-state index in [0.717, 1.165) is 30.8 Å². The summed E-state index contributed by atoms with van der Waals surface area (Å²) in [5, 5.41) is 7.80. The molecule has 2 aromatic rings. The fourth-order valence-corrected chi connectivity index (χ4v) is 3.03. The van der Waals surface area contributed by atoms with Crippen LogP contribution < -0.4 is 10.1 Å². The number of ether oxygens (including phenoxy) is 1. The monoisotopic (exact) mass is 291 g/mol. The number of hydrogen-bond acceptors (Lipinski definition) is 5. The maximum absolute atomic E-state index is 5.32. The second-order valence-electron chi connectivity index (χ2n) is 4.60. The Morgan fingerprint density at radius 3 is 2.90 bits per heavy atom. The van der Waals surface area contributed by atoms with Crippen LogP contribution in [0.4, 0.5) is 0 Å². The van der Waals surface area contributed by atoms with Gasteiger partial charge in [-0.05, 0) is 42.2 Å². The third-order valence-electron chi connectivity index (χ3n) is 3.17. The summed E-state index contributed by atoms with van der Waals surface area (Å²) in [4.78, 5) is 1.21. The first-order valence-electron chi connectivity index (χ1n) is 6.98. The van der Waals surface area contributed by atoms with Crippen LogP contribution >= 0.6 is 11.5 Å². The van der Waals surface area contributed by atoms with Crippen molar-refractivity contribution in [3.05, 3.63) is 40.4 Å². The Bertz CT molecular complexity index is 541. The highest BCUT2D eigenvalue weighted by Crippen LogP contribution is 2.29. The van der Waals surface area contributed by atoms with Crippen LogP contribution in [0.2, 0.25) is 0 Å². The summed E-state index contributed by atoms with van der Waals surface area (Å²) in [7, 11) is 1.69. The van der Waals surface area contributed by atoms with Gasteiger partial charge in [-0.25, -0.2) is 0 Å². The van der Waals surface area contributed by atoms with Crippen molar-refractivity contribution in [3.63, 3.8) is 0 Å². The molecule has 0 saturated heterocycles. The van der Waals surface area contributed by atoms with E-state index < -0.39 is 0 Å². The molecular weight excluding hydrogens is 270 g/mol. The zero-order valence-corrected chi connectivity index (χ0v) is 13.0. The number of aryl methyl sites for hydroxylation is 1. The zero-order valence-electron chi connectivity index (χ0n) is 12.2. The predicted octanol–water partition coefficient (Wildman–Crippen LogP) is 3.20. The van der Waals surface area contributed by atoms with Crippen LogP contribution in [0, 0.1) is 0 Å². The van der Waals surface area contributed by atoms with Crippen molar-refractivity contribution in [3.8, 4) is 5.75 Å². The highest BCUT2D eigenvalue weighted by molar-refractivity contribution is 7.05. The highest BCUT2D eigenvalue weighted by atomic mass is 32.1. The molecule has 0 radical (unpaired) electrons. The van der Waals surface area contributed by atoms with E-state index in [1.165, 1.54) is 22.0 Å². The Balaban J connectivity index is 2.36. The van der Waals surface area contributed by atoms with Gasteiger partial charge in [0, 0.05) is 0 Å². The second-order valence-corrected chi connectivity index (χ2v) is 5.39. The van der Waals surface area contributed by atoms with Gasteiger partial charge in [0.25, 0.3) is 0 Å². The number of nitrogens with zero attached hydrogens (tertiary/aromatic N) is 2. The summed E-state index contributed by atoms with van der Waals surface area (Å²) in [6.07, 6.45) is 2.05. The summed E-state index contributed by atoms with van der Waals surface area (Å²) in [5.41, 5.74) is 2.29. The number of hydrogen-bond donors (Lipinski definition) is 1. The molecule has 1 N–H and O–H groups in total. The van der Waals surface area contributed by atoms with Crippen LogP contribution in [0.3, 0.4) is 0 Å². The quantitative estimate of drug-likeness (QED) is 0.851. The lowest BCUT2D eigenvalue weighted by Gasteiger charge is -2.18. The summed E-state index contributed by atoms with van der Waals surface area (Å²) in [6, 6.07) is 8.31. The Morgan fingerprint density at radius 1 is 1.35 bits per heavy atom. The van der Waals surface area contributed by atoms with Crippen LogP contribution in [0.1, 0.15) is 42.4 Å². The van der Waals surface area contributed by atoms with Crippen molar-refractivity contribution in [2.75, 3.05) is 13.7 Å². The highest BCUT2D eigenvalue weighted by Gasteiger charge is 2.20. The van der Waals surface area contributed by atoms with Crippen molar-refractivity contribution in [2.45, 2.75) is 32.7 Å². The number of benzene rings is 1. The number of rotatable bonds is 7. The molecule has 0 aliphatic heterocycles. The molecular formula is C15H21N3OS. The van der Waals surface area contributed by atoms with Crippen molar-refractivity contribution in [1.29, 1.82) is 0 Å². The van der Waals surface area contributed by atoms with Gasteiger partial charge in [0.15, 0.2) is 0 Å². The van der Waals surface area contributed by atoms with E-state index >= 15 is 0 Å². The lowest BCUT2D eigenvalue weighted by Crippen LogP contribution is -2.22. The fourth-order valence-electron chi connectivity index (χ4n) is 2.23. The number of nitrogens with one attached hydrogen (secondary N) is 1. The molecule has 1 atom stereocenters. The minimum Gasteiger partial charge on any atom is -0.497 e. The van der Waals surface area contributed by atoms with Gasteiger partial charge in [0.2, 0.25) is 0 Å². The molecule has 108 valence electrons. The molecule has 0 aliphatic rings. The maximum Gasteiger partial charge on any atom is 0.119 e. The first-order chi connectivity index (χ1) is 9.80. The third kappa shape index (κ3) is 3.35. The first kappa shape index (κ1) is 14.9. The average molecular weight is 291 g/mol. The Hall–Kier alpha value is -1.46. The van der Waals surface area contributed by atoms with Crippen molar-refractivity contribution in [2.24, 2.45) is 0 Å². The van der Waals surface area contributed by atoms with Crippen molar-refractivity contribution in [1.82, 2.24) is 14.9 Å². The van der Waals surface area contributed by atoms with E-state index in [0.29, 0.717) is 0 Å². The summed E-state index contributed by atoms with van der Waals surface area (Å²) >= 11 is 1.48. The van der Waals surface area contributed by atoms with Crippen LogP contribution in [0.15, 0.2) is 24.3 Å². The maximum atomic E-state index is 5.32. The van der Waals surface area contributed by atoms with Gasteiger partial charge in [-0.3, -0.25) is 0 Å². The minimum absolute atomic E-state index is 0.136. The van der Waals surface area contributed by atoms with E-state index in [1.807, 2.05) is 12.1 Å². The molecule has 0 bridgehead atoms. The van der Waals surface area contributed by atoms with E-state index in [2.05, 4.69) is 40.9 Å². The molecule has 1 unspecified atom stereocenters. The molecule has 4 nitrogen and oxygen atoms in total. The van der Waals surface area contributed by atoms with Gasteiger partial charge < -0.3 is 10.1 Å². The lowest BCUT2D eigenvalue weighted by molar-refractivity contribution is 0.413. The standard InChI is InChI=1S/C15H21N3OS/c1-4-7-13-15(20-18-17-13)14(16-5-2)11-8-6-9-12(10-11)19-3/h6,8-10,14,16H,4-5,7H2,1-3H3. The summed E-state index contributed by atoms with van der Waals surface area (Å²) in [6.45, 7) is 5.17. The molecule has 5 heteroatoms. The third-order valence-corrected chi connectivity index (χ3v) is 4.00. The van der Waals surface area contributed by atoms with E-state index in [9.17, 15) is 0 Å². The van der Waals surface area contributed by atoms with Crippen LogP contribution in [0.5, 0.6) is 5.75 Å². The Morgan fingerprint density at radius 2 is 2.20 bits per heavy atom. The molecule has 0 fully saturated rings. The topological polar surface area (TPSA) is 47.0 Å². The van der Waals surface area contributed by atoms with E-state index in [1.54, 1.807) is 7.11 Å². The van der Waals surface area contributed by atoms with Gasteiger partial charge in [-0.15, -0.1) is 5.10 Å². The van der Waals surface area contributed by atoms with Crippen molar-refractivity contribution < 1.29 is 4.74 Å². The number of aromatic nitrogens is 2. The van der Waals surface area contributed by atoms with Gasteiger partial charge in [-0.1, -0.05) is 36.9 Å². The molecule has 0 spiro atoms. The summed E-state index contributed by atoms with van der Waals surface area (Å²) in [5.74, 6) is 0.875. The molecule has 20 heavy (non-hydrogen) atoms. The molecule has 0 saturated carbocycles. The molecule has 1 aromatic carbocycles. The minimum atomic E-state index is 0.136. The molecule has 1 aromatic heterocycles. The zero-order chi connectivity index (χ0) is 14.4. The SMILES string of the molecule is CCCc1nnsc1C(NCC)c1cccc(OC)c1. The Kier molecular flexibility index (Phi) is 5.49. The van der Waals surface area contributed by atoms with Gasteiger partial charge in [-0.2, -0.15) is 0 Å². The first-order valence-corrected chi connectivity index (χ1v) is 7.75. The second kappa shape index (κ2) is 7.36. The summed E-state index contributed by atoms with van der Waals surface area (Å²) < 4.78 is 9.46. The smallest absolute Gasteiger partial charge is 0.119 e. The van der Waals surface area contributed by atoms with Crippen LogP contribution in [-0.2, 0) is 6.42 Å². The van der Waals surface area contributed by atoms with Gasteiger partial charge in [0.05, 0.1) is 23.7 Å². The van der Waals surface area contributed by atoms with Gasteiger partial charge in [0.1, 0.15) is 5.75 Å². The van der Waals surface area contributed by atoms with Crippen molar-refractivity contribution >= 4 is 11.5 Å². The van der Waals surface area contributed by atoms with Crippen LogP contribution in [-0.4, -0.2) is 23.2 Å². The fraction of sp³-hybridized carbons (Fsp3) is 0.467. The average Bonchev–Trinajstić information content (AvgIpc) is 2.93. The number of methoxy groups -OCH3 is 1. The Labute approximate surface area is 124 Å². The van der Waals surface area contributed by atoms with E-state index in [4.69, 9.17) is 4.74 Å².